The molecule has 0 aromatic heterocycles. The first-order valence-corrected chi connectivity index (χ1v) is 21.7. The van der Waals surface area contributed by atoms with Gasteiger partial charge in [0.15, 0.2) is 7.14 Å². The van der Waals surface area contributed by atoms with Gasteiger partial charge in [-0.1, -0.05) is 152 Å². The Kier molecular flexibility index (Phi) is 10.6. The average molecular weight is 799 g/mol. The molecule has 0 fully saturated rings. The zero-order valence-electron chi connectivity index (χ0n) is 33.7. The summed E-state index contributed by atoms with van der Waals surface area (Å²) < 4.78 is 35.6. The predicted octanol–water partition coefficient (Wildman–Crippen LogP) is 12.8. The van der Waals surface area contributed by atoms with Gasteiger partial charge in [-0.2, -0.15) is 0 Å². The molecule has 0 N–H and O–H groups in total. The topological polar surface area (TPSA) is 44.8 Å². The van der Waals surface area contributed by atoms with Crippen molar-refractivity contribution >= 4 is 33.8 Å². The Balaban J connectivity index is 1.66. The van der Waals surface area contributed by atoms with Crippen molar-refractivity contribution in [3.05, 3.63) is 206 Å². The molecule has 0 spiro atoms. The quantitative estimate of drug-likeness (QED) is 0.122. The predicted molar refractivity (Wildman–Crippen MR) is 250 cm³/mol. The highest BCUT2D eigenvalue weighted by molar-refractivity contribution is 7.85. The summed E-state index contributed by atoms with van der Waals surface area (Å²) in [4.78, 5) is 0. The van der Waals surface area contributed by atoms with Crippen LogP contribution in [-0.2, 0) is 4.57 Å². The molecule has 292 valence electrons. The molecular formula is C55H43O4P. The highest BCUT2D eigenvalue weighted by Crippen LogP contribution is 2.58. The van der Waals surface area contributed by atoms with Crippen molar-refractivity contribution in [2.45, 2.75) is 0 Å². The van der Waals surface area contributed by atoms with Crippen LogP contribution in [0.2, 0.25) is 0 Å². The van der Waals surface area contributed by atoms with Crippen LogP contribution in [0.5, 0.6) is 17.2 Å². The molecule has 60 heavy (non-hydrogen) atoms. The molecule has 0 unspecified atom stereocenters. The second-order valence-electron chi connectivity index (χ2n) is 14.6. The molecule has 9 aromatic rings. The number of benzene rings is 9. The second kappa shape index (κ2) is 16.6. The van der Waals surface area contributed by atoms with Gasteiger partial charge < -0.3 is 18.8 Å². The van der Waals surface area contributed by atoms with E-state index < -0.39 is 7.14 Å². The zero-order chi connectivity index (χ0) is 41.1. The highest BCUT2D eigenvalue weighted by Gasteiger charge is 2.41. The molecule has 0 heterocycles. The van der Waals surface area contributed by atoms with Crippen molar-refractivity contribution in [1.29, 1.82) is 0 Å². The third kappa shape index (κ3) is 6.75. The van der Waals surface area contributed by atoms with Crippen LogP contribution in [0, 0.1) is 0 Å². The van der Waals surface area contributed by atoms with Crippen molar-refractivity contribution < 1.29 is 18.8 Å². The fourth-order valence-corrected chi connectivity index (χ4v) is 11.6. The minimum atomic E-state index is -3.92. The van der Waals surface area contributed by atoms with E-state index >= 15 is 4.57 Å². The smallest absolute Gasteiger partial charge is 0.172 e. The van der Waals surface area contributed by atoms with Gasteiger partial charge in [-0.25, -0.2) is 0 Å². The van der Waals surface area contributed by atoms with Crippen molar-refractivity contribution in [3.63, 3.8) is 0 Å². The first-order valence-electron chi connectivity index (χ1n) is 20.0. The molecule has 5 heteroatoms. The van der Waals surface area contributed by atoms with Gasteiger partial charge in [0.25, 0.3) is 0 Å². The van der Waals surface area contributed by atoms with Crippen molar-refractivity contribution in [2.24, 2.45) is 0 Å². The number of hydrogen-bond acceptors (Lipinski definition) is 4. The first-order chi connectivity index (χ1) is 29.5. The summed E-state index contributed by atoms with van der Waals surface area (Å²) in [6.45, 7) is 0. The van der Waals surface area contributed by atoms with E-state index in [2.05, 4.69) is 133 Å². The summed E-state index contributed by atoms with van der Waals surface area (Å²) in [6.07, 6.45) is 0. The first kappa shape index (κ1) is 38.4. The molecule has 0 saturated heterocycles. The molecule has 9 rings (SSSR count). The van der Waals surface area contributed by atoms with Crippen LogP contribution in [0.25, 0.3) is 66.4 Å². The van der Waals surface area contributed by atoms with Crippen LogP contribution in [-0.4, -0.2) is 21.3 Å². The molecule has 0 radical (unpaired) electrons. The standard InChI is InChI=1S/C55H43O4P/c1-57-43-29-33-45(34-30-43)60(56,46-35-31-44(58-2)32-36-46)55-52(42-25-14-7-15-26-42)50(40-21-10-5-11-22-40)49(39-19-8-4-9-20-39)51(41-23-12-6-13-24-41)54(55)53-47-27-17-16-18-38(47)28-37-48(53)59-3/h4-37H,1-3H3. The lowest BCUT2D eigenvalue weighted by Gasteiger charge is -2.33. The Bertz CT molecular complexity index is 2910. The van der Waals surface area contributed by atoms with Crippen molar-refractivity contribution in [2.75, 3.05) is 21.3 Å². The van der Waals surface area contributed by atoms with E-state index in [0.717, 1.165) is 66.4 Å². The molecule has 4 nitrogen and oxygen atoms in total. The van der Waals surface area contributed by atoms with Crippen LogP contribution in [0.15, 0.2) is 206 Å². The Morgan fingerprint density at radius 1 is 0.333 bits per heavy atom. The van der Waals surface area contributed by atoms with Crippen LogP contribution >= 0.6 is 7.14 Å². The van der Waals surface area contributed by atoms with Crippen LogP contribution in [0.4, 0.5) is 0 Å². The molecule has 0 aliphatic heterocycles. The summed E-state index contributed by atoms with van der Waals surface area (Å²) >= 11 is 0. The number of rotatable bonds is 11. The maximum atomic E-state index is 17.8. The maximum absolute atomic E-state index is 17.8. The van der Waals surface area contributed by atoms with E-state index in [1.165, 1.54) is 0 Å². The Hall–Kier alpha value is -7.13. The molecule has 0 atom stereocenters. The second-order valence-corrected chi connectivity index (χ2v) is 17.3. The largest absolute Gasteiger partial charge is 0.497 e. The molecule has 9 aromatic carbocycles. The lowest BCUT2D eigenvalue weighted by atomic mass is 9.78. The van der Waals surface area contributed by atoms with Gasteiger partial charge in [-0.3, -0.25) is 0 Å². The van der Waals surface area contributed by atoms with E-state index in [1.54, 1.807) is 21.3 Å². The van der Waals surface area contributed by atoms with Crippen molar-refractivity contribution in [3.8, 4) is 72.9 Å². The van der Waals surface area contributed by atoms with Crippen LogP contribution in [0.1, 0.15) is 0 Å². The third-order valence-corrected chi connectivity index (χ3v) is 14.4. The van der Waals surface area contributed by atoms with Gasteiger partial charge in [0.2, 0.25) is 0 Å². The van der Waals surface area contributed by atoms with E-state index in [1.807, 2.05) is 72.8 Å². The number of ether oxygens (including phenoxy) is 3. The normalized spacial score (nSPS) is 11.3. The molecule has 0 saturated carbocycles. The van der Waals surface area contributed by atoms with Gasteiger partial charge in [-0.15, -0.1) is 0 Å². The van der Waals surface area contributed by atoms with Crippen molar-refractivity contribution in [1.82, 2.24) is 0 Å². The number of methoxy groups -OCH3 is 3. The van der Waals surface area contributed by atoms with E-state index in [-0.39, 0.29) is 0 Å². The summed E-state index contributed by atoms with van der Waals surface area (Å²) in [5.74, 6) is 2.02. The SMILES string of the molecule is COc1ccc(P(=O)(c2ccc(OC)cc2)c2c(-c3ccccc3)c(-c3ccccc3)c(-c3ccccc3)c(-c3ccccc3)c2-c2c(OC)ccc3ccccc23)cc1. The minimum absolute atomic E-state index is 0.664. The summed E-state index contributed by atoms with van der Waals surface area (Å²) in [5, 5.41) is 4.05. The Morgan fingerprint density at radius 3 is 1.15 bits per heavy atom. The average Bonchev–Trinajstić information content (AvgIpc) is 3.33. The van der Waals surface area contributed by atoms with E-state index in [4.69, 9.17) is 14.2 Å². The summed E-state index contributed by atoms with van der Waals surface area (Å²) in [7, 11) is 1.09. The fourth-order valence-electron chi connectivity index (χ4n) is 8.53. The molecule has 0 bridgehead atoms. The van der Waals surface area contributed by atoms with E-state index in [9.17, 15) is 0 Å². The van der Waals surface area contributed by atoms with Gasteiger partial charge in [-0.05, 0) is 104 Å². The molecule has 0 amide bonds. The molecule has 0 aliphatic rings. The number of hydrogen-bond donors (Lipinski definition) is 0. The maximum Gasteiger partial charge on any atom is 0.172 e. The lowest BCUT2D eigenvalue weighted by molar-refractivity contribution is 0.415. The molecular weight excluding hydrogens is 756 g/mol. The summed E-state index contributed by atoms with van der Waals surface area (Å²) in [6, 6.07) is 70.0. The zero-order valence-corrected chi connectivity index (χ0v) is 34.6. The van der Waals surface area contributed by atoms with E-state index in [0.29, 0.717) is 33.2 Å². The Morgan fingerprint density at radius 2 is 0.717 bits per heavy atom. The fraction of sp³-hybridized carbons (Fsp3) is 0.0545. The number of fused-ring (bicyclic) bond motifs is 1. The lowest BCUT2D eigenvalue weighted by Crippen LogP contribution is -2.29. The highest BCUT2D eigenvalue weighted by atomic mass is 31.2. The van der Waals surface area contributed by atoms with Gasteiger partial charge >= 0.3 is 0 Å². The van der Waals surface area contributed by atoms with Gasteiger partial charge in [0.05, 0.1) is 21.3 Å². The minimum Gasteiger partial charge on any atom is -0.497 e. The van der Waals surface area contributed by atoms with Crippen LogP contribution in [0.3, 0.4) is 0 Å². The monoisotopic (exact) mass is 798 g/mol. The Labute approximate surface area is 351 Å². The molecule has 0 aliphatic carbocycles. The third-order valence-electron chi connectivity index (χ3n) is 11.3. The van der Waals surface area contributed by atoms with Crippen LogP contribution < -0.4 is 30.1 Å². The van der Waals surface area contributed by atoms with Gasteiger partial charge in [0.1, 0.15) is 17.2 Å². The summed E-state index contributed by atoms with van der Waals surface area (Å²) in [5.41, 5.74) is 9.48. The van der Waals surface area contributed by atoms with Gasteiger partial charge in [0, 0.05) is 32.6 Å².